The van der Waals surface area contributed by atoms with Crippen LogP contribution in [-0.4, -0.2) is 64.3 Å². The van der Waals surface area contributed by atoms with Gasteiger partial charge in [0.25, 0.3) is 0 Å². The molecule has 0 aliphatic carbocycles. The van der Waals surface area contributed by atoms with Gasteiger partial charge in [-0.3, -0.25) is 0 Å². The van der Waals surface area contributed by atoms with Crippen LogP contribution < -0.4 is 9.62 Å². The minimum atomic E-state index is -3.10. The fraction of sp³-hybridized carbons (Fsp3) is 1.00. The molecule has 0 unspecified atom stereocenters. The highest BCUT2D eigenvalue weighted by molar-refractivity contribution is 7.88. The van der Waals surface area contributed by atoms with Gasteiger partial charge in [0.05, 0.1) is 26.0 Å². The van der Waals surface area contributed by atoms with Crippen molar-refractivity contribution in [2.45, 2.75) is 6.42 Å². The number of hydrogen-bond acceptors (Lipinski definition) is 4. The number of aliphatic hydroxyl groups is 2. The Bertz CT molecular complexity index is 237. The Morgan fingerprint density at radius 3 is 2.07 bits per heavy atom. The fourth-order valence-corrected chi connectivity index (χ4v) is 1.80. The molecule has 0 rings (SSSR count). The van der Waals surface area contributed by atoms with Crippen molar-refractivity contribution in [1.82, 2.24) is 4.72 Å². The van der Waals surface area contributed by atoms with Crippen molar-refractivity contribution >= 4 is 10.0 Å². The van der Waals surface area contributed by atoms with Crippen molar-refractivity contribution in [3.63, 3.8) is 0 Å². The van der Waals surface area contributed by atoms with Gasteiger partial charge in [-0.05, 0) is 0 Å². The molecule has 4 N–H and O–H groups in total. The first-order chi connectivity index (χ1) is 6.99. The normalized spacial score (nSPS) is 12.3. The minimum Gasteiger partial charge on any atom is -0.391 e. The largest absolute Gasteiger partial charge is 0.391 e. The molecule has 0 bridgehead atoms. The summed E-state index contributed by atoms with van der Waals surface area (Å²) in [6.45, 7) is 2.46. The van der Waals surface area contributed by atoms with Gasteiger partial charge < -0.3 is 15.1 Å². The molecule has 0 aromatic rings. The van der Waals surface area contributed by atoms with Gasteiger partial charge in [0, 0.05) is 13.0 Å². The number of hydrogen-bond donors (Lipinski definition) is 4. The highest BCUT2D eigenvalue weighted by atomic mass is 32.2. The van der Waals surface area contributed by atoms with Crippen LogP contribution in [0.15, 0.2) is 0 Å². The third-order valence-corrected chi connectivity index (χ3v) is 2.73. The molecule has 0 amide bonds. The Kier molecular flexibility index (Phi) is 7.89. The number of nitrogens with one attached hydrogen (secondary N) is 2. The zero-order valence-corrected chi connectivity index (χ0v) is 9.89. The Labute approximate surface area is 91.0 Å². The predicted octanol–water partition coefficient (Wildman–Crippen LogP) is -3.20. The van der Waals surface area contributed by atoms with Gasteiger partial charge in [-0.2, -0.15) is 0 Å². The van der Waals surface area contributed by atoms with Crippen LogP contribution >= 0.6 is 0 Å². The quantitative estimate of drug-likeness (QED) is 0.320. The average Bonchev–Trinajstić information content (AvgIpc) is 2.11. The van der Waals surface area contributed by atoms with Gasteiger partial charge in [0.1, 0.15) is 13.1 Å². The van der Waals surface area contributed by atoms with Gasteiger partial charge in [0.2, 0.25) is 10.0 Å². The first-order valence-electron chi connectivity index (χ1n) is 4.99. The maximum absolute atomic E-state index is 10.7. The molecule has 6 nitrogen and oxygen atoms in total. The molecule has 0 aliphatic rings. The van der Waals surface area contributed by atoms with E-state index in [0.717, 1.165) is 17.7 Å². The summed E-state index contributed by atoms with van der Waals surface area (Å²) in [7, 11) is -3.10. The Hall–Kier alpha value is -0.210. The van der Waals surface area contributed by atoms with Crippen LogP contribution in [0.3, 0.4) is 0 Å². The monoisotopic (exact) mass is 241 g/mol. The number of quaternary nitrogens is 1. The van der Waals surface area contributed by atoms with Crippen molar-refractivity contribution in [2.24, 2.45) is 0 Å². The van der Waals surface area contributed by atoms with Crippen molar-refractivity contribution in [3.8, 4) is 0 Å². The van der Waals surface area contributed by atoms with Gasteiger partial charge in [-0.15, -0.1) is 0 Å². The van der Waals surface area contributed by atoms with Crippen LogP contribution in [0, 0.1) is 0 Å². The summed E-state index contributed by atoms with van der Waals surface area (Å²) in [5, 5.41) is 17.5. The molecule has 0 aromatic heterocycles. The van der Waals surface area contributed by atoms with E-state index in [1.54, 1.807) is 0 Å². The van der Waals surface area contributed by atoms with Gasteiger partial charge in [-0.1, -0.05) is 0 Å². The zero-order chi connectivity index (χ0) is 11.7. The highest BCUT2D eigenvalue weighted by Gasteiger charge is 2.07. The van der Waals surface area contributed by atoms with Crippen LogP contribution in [0.1, 0.15) is 6.42 Å². The second-order valence-corrected chi connectivity index (χ2v) is 5.30. The average molecular weight is 241 g/mol. The van der Waals surface area contributed by atoms with Crippen LogP contribution in [0.4, 0.5) is 0 Å². The predicted molar refractivity (Wildman–Crippen MR) is 57.2 cm³/mol. The molecule has 0 saturated carbocycles. The lowest BCUT2D eigenvalue weighted by Crippen LogP contribution is -3.13. The zero-order valence-electron chi connectivity index (χ0n) is 9.07. The van der Waals surface area contributed by atoms with Gasteiger partial charge >= 0.3 is 0 Å². The molecule has 0 aromatic carbocycles. The Balaban J connectivity index is 3.61. The second kappa shape index (κ2) is 8.00. The Morgan fingerprint density at radius 2 is 1.67 bits per heavy atom. The van der Waals surface area contributed by atoms with E-state index in [-0.39, 0.29) is 13.2 Å². The Morgan fingerprint density at radius 1 is 1.13 bits per heavy atom. The summed E-state index contributed by atoms with van der Waals surface area (Å²) in [6, 6.07) is 0. The third kappa shape index (κ3) is 10.1. The maximum Gasteiger partial charge on any atom is 0.208 e. The van der Waals surface area contributed by atoms with E-state index < -0.39 is 10.0 Å². The number of aliphatic hydroxyl groups excluding tert-OH is 2. The van der Waals surface area contributed by atoms with E-state index in [0.29, 0.717) is 26.1 Å². The molecule has 15 heavy (non-hydrogen) atoms. The van der Waals surface area contributed by atoms with E-state index in [4.69, 9.17) is 10.2 Å². The lowest BCUT2D eigenvalue weighted by molar-refractivity contribution is -0.900. The molecule has 92 valence electrons. The lowest BCUT2D eigenvalue weighted by Gasteiger charge is -2.17. The molecule has 0 heterocycles. The molecule has 0 saturated heterocycles. The van der Waals surface area contributed by atoms with Crippen molar-refractivity contribution in [2.75, 3.05) is 45.6 Å². The maximum atomic E-state index is 10.7. The third-order valence-electron chi connectivity index (χ3n) is 2.00. The van der Waals surface area contributed by atoms with Crippen LogP contribution in [0.2, 0.25) is 0 Å². The number of sulfonamides is 1. The van der Waals surface area contributed by atoms with Crippen molar-refractivity contribution in [1.29, 1.82) is 0 Å². The van der Waals surface area contributed by atoms with Crippen LogP contribution in [0.5, 0.6) is 0 Å². The summed E-state index contributed by atoms with van der Waals surface area (Å²) in [5.41, 5.74) is 0. The van der Waals surface area contributed by atoms with Gasteiger partial charge in [-0.25, -0.2) is 13.1 Å². The molecule has 0 atom stereocenters. The SMILES string of the molecule is CS(=O)(=O)NCCC[NH+](CCO)CCO. The van der Waals surface area contributed by atoms with E-state index in [9.17, 15) is 8.42 Å². The fourth-order valence-electron chi connectivity index (χ4n) is 1.29. The summed E-state index contributed by atoms with van der Waals surface area (Å²) in [5.74, 6) is 0. The summed E-state index contributed by atoms with van der Waals surface area (Å²) >= 11 is 0. The molecule has 0 aliphatic heterocycles. The summed E-state index contributed by atoms with van der Waals surface area (Å²) < 4.78 is 23.9. The lowest BCUT2D eigenvalue weighted by atomic mass is 10.3. The standard InChI is InChI=1S/C8H20N2O4S/c1-15(13,14)9-3-2-4-10(5-7-11)6-8-12/h9,11-12H,2-8H2,1H3/p+1. The topological polar surface area (TPSA) is 91.1 Å². The minimum absolute atomic E-state index is 0.0782. The van der Waals surface area contributed by atoms with Crippen molar-refractivity contribution < 1.29 is 23.5 Å². The highest BCUT2D eigenvalue weighted by Crippen LogP contribution is 1.76. The van der Waals surface area contributed by atoms with E-state index >= 15 is 0 Å². The molecule has 0 radical (unpaired) electrons. The van der Waals surface area contributed by atoms with E-state index in [2.05, 4.69) is 4.72 Å². The van der Waals surface area contributed by atoms with E-state index in [1.165, 1.54) is 0 Å². The van der Waals surface area contributed by atoms with E-state index in [1.807, 2.05) is 0 Å². The smallest absolute Gasteiger partial charge is 0.208 e. The molecule has 0 spiro atoms. The van der Waals surface area contributed by atoms with Crippen LogP contribution in [-0.2, 0) is 10.0 Å². The van der Waals surface area contributed by atoms with Crippen LogP contribution in [0.25, 0.3) is 0 Å². The summed E-state index contributed by atoms with van der Waals surface area (Å²) in [4.78, 5) is 1.08. The first-order valence-corrected chi connectivity index (χ1v) is 6.88. The molecular formula is C8H21N2O4S+. The van der Waals surface area contributed by atoms with Crippen molar-refractivity contribution in [3.05, 3.63) is 0 Å². The summed E-state index contributed by atoms with van der Waals surface area (Å²) in [6.07, 6.45) is 1.82. The molecular weight excluding hydrogens is 220 g/mol. The van der Waals surface area contributed by atoms with Gasteiger partial charge in [0.15, 0.2) is 0 Å². The number of rotatable bonds is 9. The molecule has 7 heteroatoms. The second-order valence-electron chi connectivity index (χ2n) is 3.47. The first kappa shape index (κ1) is 14.8. The molecule has 0 fully saturated rings.